The number of methoxy groups -OCH3 is 1. The molecular formula is C10H17F6NO. The number of rotatable bonds is 6. The van der Waals surface area contributed by atoms with Crippen molar-refractivity contribution in [2.45, 2.75) is 31.7 Å². The number of ether oxygens (including phenoxy) is 1. The molecule has 0 aliphatic heterocycles. The summed E-state index contributed by atoms with van der Waals surface area (Å²) in [6.45, 7) is 1.45. The van der Waals surface area contributed by atoms with Gasteiger partial charge in [0, 0.05) is 19.8 Å². The summed E-state index contributed by atoms with van der Waals surface area (Å²) in [5, 5.41) is 2.13. The normalized spacial score (nSPS) is 17.0. The fourth-order valence-corrected chi connectivity index (χ4v) is 1.86. The zero-order valence-electron chi connectivity index (χ0n) is 10.3. The van der Waals surface area contributed by atoms with Crippen molar-refractivity contribution in [3.05, 3.63) is 0 Å². The third-order valence-electron chi connectivity index (χ3n) is 2.79. The Bertz CT molecular complexity index is 226. The Kier molecular flexibility index (Phi) is 6.42. The third kappa shape index (κ3) is 5.01. The minimum atomic E-state index is -5.33. The number of halogens is 6. The Hall–Kier alpha value is -0.500. The van der Waals surface area contributed by atoms with Gasteiger partial charge in [-0.25, -0.2) is 0 Å². The molecule has 0 saturated carbocycles. The van der Waals surface area contributed by atoms with Crippen LogP contribution in [0.15, 0.2) is 0 Å². The smallest absolute Gasteiger partial charge is 0.385 e. The lowest BCUT2D eigenvalue weighted by Crippen LogP contribution is -2.53. The summed E-state index contributed by atoms with van der Waals surface area (Å²) < 4.78 is 79.9. The first-order valence-corrected chi connectivity index (χ1v) is 5.35. The van der Waals surface area contributed by atoms with Crippen LogP contribution < -0.4 is 5.32 Å². The maximum absolute atomic E-state index is 12.5. The van der Waals surface area contributed by atoms with Crippen LogP contribution in [0.4, 0.5) is 26.3 Å². The zero-order valence-corrected chi connectivity index (χ0v) is 10.3. The average molecular weight is 281 g/mol. The second kappa shape index (κ2) is 6.60. The van der Waals surface area contributed by atoms with Crippen LogP contribution >= 0.6 is 0 Å². The van der Waals surface area contributed by atoms with Crippen molar-refractivity contribution in [3.8, 4) is 0 Å². The molecule has 0 aromatic rings. The topological polar surface area (TPSA) is 21.3 Å². The summed E-state index contributed by atoms with van der Waals surface area (Å²) in [5.41, 5.74) is 0. The van der Waals surface area contributed by atoms with Gasteiger partial charge in [-0.2, -0.15) is 26.3 Å². The Morgan fingerprint density at radius 1 is 1.06 bits per heavy atom. The van der Waals surface area contributed by atoms with E-state index in [0.717, 1.165) is 7.05 Å². The number of hydrogen-bond donors (Lipinski definition) is 1. The highest BCUT2D eigenvalue weighted by atomic mass is 19.4. The van der Waals surface area contributed by atoms with E-state index < -0.39 is 30.2 Å². The van der Waals surface area contributed by atoms with Gasteiger partial charge in [-0.3, -0.25) is 0 Å². The zero-order chi connectivity index (χ0) is 14.6. The molecule has 0 rings (SSSR count). The van der Waals surface area contributed by atoms with E-state index in [2.05, 4.69) is 10.1 Å². The van der Waals surface area contributed by atoms with E-state index in [4.69, 9.17) is 0 Å². The van der Waals surface area contributed by atoms with Crippen LogP contribution in [0.5, 0.6) is 0 Å². The molecular weight excluding hydrogens is 264 g/mol. The minimum Gasteiger partial charge on any atom is -0.385 e. The molecule has 2 unspecified atom stereocenters. The Morgan fingerprint density at radius 3 is 1.78 bits per heavy atom. The molecule has 8 heteroatoms. The molecule has 0 aromatic heterocycles. The number of hydrogen-bond acceptors (Lipinski definition) is 2. The van der Waals surface area contributed by atoms with E-state index in [0.29, 0.717) is 0 Å². The number of alkyl halides is 6. The molecule has 0 saturated heterocycles. The Balaban J connectivity index is 5.05. The molecule has 1 N–H and O–H groups in total. The van der Waals surface area contributed by atoms with Gasteiger partial charge in [0.15, 0.2) is 5.92 Å². The molecule has 2 nitrogen and oxygen atoms in total. The van der Waals surface area contributed by atoms with E-state index in [-0.39, 0.29) is 13.0 Å². The summed E-state index contributed by atoms with van der Waals surface area (Å²) in [6, 6.07) is -1.72. The van der Waals surface area contributed by atoms with Crippen LogP contribution in [0.25, 0.3) is 0 Å². The van der Waals surface area contributed by atoms with Crippen molar-refractivity contribution in [2.24, 2.45) is 11.8 Å². The quantitative estimate of drug-likeness (QED) is 0.756. The van der Waals surface area contributed by atoms with E-state index in [1.165, 1.54) is 14.0 Å². The molecule has 0 amide bonds. The molecule has 0 radical (unpaired) electrons. The van der Waals surface area contributed by atoms with Crippen molar-refractivity contribution < 1.29 is 31.1 Å². The van der Waals surface area contributed by atoms with Gasteiger partial charge in [0.2, 0.25) is 0 Å². The summed E-state index contributed by atoms with van der Waals surface area (Å²) >= 11 is 0. The molecule has 0 bridgehead atoms. The summed E-state index contributed by atoms with van der Waals surface area (Å²) in [4.78, 5) is 0. The van der Waals surface area contributed by atoms with Crippen LogP contribution in [0.1, 0.15) is 13.3 Å². The highest BCUT2D eigenvalue weighted by Crippen LogP contribution is 2.43. The van der Waals surface area contributed by atoms with Gasteiger partial charge in [0.1, 0.15) is 0 Å². The lowest BCUT2D eigenvalue weighted by Gasteiger charge is -2.34. The maximum atomic E-state index is 12.5. The van der Waals surface area contributed by atoms with Gasteiger partial charge < -0.3 is 10.1 Å². The van der Waals surface area contributed by atoms with Gasteiger partial charge in [0.05, 0.1) is 0 Å². The minimum absolute atomic E-state index is 0.113. The fourth-order valence-electron chi connectivity index (χ4n) is 1.86. The first-order valence-electron chi connectivity index (χ1n) is 5.35. The van der Waals surface area contributed by atoms with E-state index >= 15 is 0 Å². The summed E-state index contributed by atoms with van der Waals surface area (Å²) in [7, 11) is 2.44. The van der Waals surface area contributed by atoms with E-state index in [1.54, 1.807) is 0 Å². The van der Waals surface area contributed by atoms with Crippen LogP contribution in [0.3, 0.4) is 0 Å². The average Bonchev–Trinajstić information content (AvgIpc) is 2.18. The molecule has 0 aliphatic carbocycles. The van der Waals surface area contributed by atoms with Crippen LogP contribution in [-0.4, -0.2) is 39.2 Å². The van der Waals surface area contributed by atoms with Gasteiger partial charge in [0.25, 0.3) is 0 Å². The SMILES string of the molecule is CNC(C(C)CCOC)C(C(F)(F)F)C(F)(F)F. The molecule has 2 atom stereocenters. The van der Waals surface area contributed by atoms with Gasteiger partial charge >= 0.3 is 12.4 Å². The van der Waals surface area contributed by atoms with E-state index in [1.807, 2.05) is 0 Å². The predicted molar refractivity (Wildman–Crippen MR) is 54.1 cm³/mol. The second-order valence-corrected chi connectivity index (χ2v) is 4.13. The first kappa shape index (κ1) is 17.5. The highest BCUT2D eigenvalue weighted by Gasteiger charge is 2.60. The largest absolute Gasteiger partial charge is 0.402 e. The van der Waals surface area contributed by atoms with Crippen molar-refractivity contribution in [1.29, 1.82) is 0 Å². The highest BCUT2D eigenvalue weighted by molar-refractivity contribution is 4.89. The van der Waals surface area contributed by atoms with E-state index in [9.17, 15) is 26.3 Å². The van der Waals surface area contributed by atoms with Crippen molar-refractivity contribution in [3.63, 3.8) is 0 Å². The fraction of sp³-hybridized carbons (Fsp3) is 1.00. The summed E-state index contributed by atoms with van der Waals surface area (Å²) in [5.74, 6) is -4.19. The van der Waals surface area contributed by atoms with Crippen molar-refractivity contribution in [1.82, 2.24) is 5.32 Å². The van der Waals surface area contributed by atoms with Gasteiger partial charge in [-0.1, -0.05) is 6.92 Å². The molecule has 0 fully saturated rings. The second-order valence-electron chi connectivity index (χ2n) is 4.13. The predicted octanol–water partition coefficient (Wildman–Crippen LogP) is 2.99. The monoisotopic (exact) mass is 281 g/mol. The Morgan fingerprint density at radius 2 is 1.50 bits per heavy atom. The standard InChI is InChI=1S/C10H17F6NO/c1-6(4-5-18-3)7(17-2)8(9(11,12)13)10(14,15)16/h6-8,17H,4-5H2,1-3H3. The van der Waals surface area contributed by atoms with Crippen molar-refractivity contribution in [2.75, 3.05) is 20.8 Å². The molecule has 110 valence electrons. The maximum Gasteiger partial charge on any atom is 0.402 e. The lowest BCUT2D eigenvalue weighted by atomic mass is 9.86. The van der Waals surface area contributed by atoms with Crippen LogP contribution in [0, 0.1) is 11.8 Å². The molecule has 18 heavy (non-hydrogen) atoms. The van der Waals surface area contributed by atoms with Crippen LogP contribution in [-0.2, 0) is 4.74 Å². The van der Waals surface area contributed by atoms with Crippen LogP contribution in [0.2, 0.25) is 0 Å². The summed E-state index contributed by atoms with van der Waals surface area (Å²) in [6.07, 6.45) is -10.5. The van der Waals surface area contributed by atoms with Gasteiger partial charge in [-0.05, 0) is 19.4 Å². The lowest BCUT2D eigenvalue weighted by molar-refractivity contribution is -0.294. The van der Waals surface area contributed by atoms with Gasteiger partial charge in [-0.15, -0.1) is 0 Å². The molecule has 0 heterocycles. The first-order chi connectivity index (χ1) is 8.05. The third-order valence-corrected chi connectivity index (χ3v) is 2.79. The molecule has 0 aromatic carbocycles. The Labute approximate surface area is 102 Å². The van der Waals surface area contributed by atoms with Crippen molar-refractivity contribution >= 4 is 0 Å². The molecule has 0 aliphatic rings. The molecule has 0 spiro atoms. The number of nitrogens with one attached hydrogen (secondary N) is 1.